The Kier molecular flexibility index (Phi) is 3.99. The highest BCUT2D eigenvalue weighted by Crippen LogP contribution is 2.14. The molecule has 0 radical (unpaired) electrons. The average Bonchev–Trinajstić information content (AvgIpc) is 2.78. The van der Waals surface area contributed by atoms with Gasteiger partial charge >= 0.3 is 0 Å². The second kappa shape index (κ2) is 5.69. The van der Waals surface area contributed by atoms with Gasteiger partial charge in [0.1, 0.15) is 0 Å². The van der Waals surface area contributed by atoms with Crippen molar-refractivity contribution in [3.63, 3.8) is 0 Å². The van der Waals surface area contributed by atoms with Gasteiger partial charge in [0.15, 0.2) is 0 Å². The van der Waals surface area contributed by atoms with E-state index in [0.717, 1.165) is 18.2 Å². The third-order valence-electron chi connectivity index (χ3n) is 3.09. The molecule has 1 aromatic heterocycles. The first kappa shape index (κ1) is 12.6. The molecule has 2 aromatic rings. The maximum atomic E-state index is 4.36. The number of benzene rings is 1. The van der Waals surface area contributed by atoms with Gasteiger partial charge in [-0.1, -0.05) is 18.2 Å². The number of nitrogens with one attached hydrogen (secondary N) is 1. The van der Waals surface area contributed by atoms with E-state index in [1.54, 1.807) is 0 Å². The van der Waals surface area contributed by atoms with Crippen LogP contribution in [0.25, 0.3) is 0 Å². The summed E-state index contributed by atoms with van der Waals surface area (Å²) in [6.07, 6.45) is 3.83. The molecule has 96 valence electrons. The number of likely N-dealkylation sites (N-methyl/N-ethyl adjacent to an activating group) is 1. The molecular weight excluding hydrogens is 224 g/mol. The number of hydrogen-bond donors (Lipinski definition) is 1. The van der Waals surface area contributed by atoms with Crippen LogP contribution < -0.4 is 5.32 Å². The fourth-order valence-electron chi connectivity index (χ4n) is 1.68. The lowest BCUT2D eigenvalue weighted by Gasteiger charge is -2.21. The third-order valence-corrected chi connectivity index (χ3v) is 3.09. The predicted octanol–water partition coefficient (Wildman–Crippen LogP) is 2.58. The highest BCUT2D eigenvalue weighted by Gasteiger charge is 2.09. The molecule has 1 heterocycles. The summed E-state index contributed by atoms with van der Waals surface area (Å²) < 4.78 is 2.14. The summed E-state index contributed by atoms with van der Waals surface area (Å²) in [4.78, 5) is 6.56. The Morgan fingerprint density at radius 2 is 2.00 bits per heavy atom. The molecule has 2 rings (SSSR count). The Balaban J connectivity index is 2.08. The zero-order chi connectivity index (χ0) is 13.0. The van der Waals surface area contributed by atoms with Crippen molar-refractivity contribution >= 4 is 11.6 Å². The second-order valence-corrected chi connectivity index (χ2v) is 4.71. The molecule has 18 heavy (non-hydrogen) atoms. The topological polar surface area (TPSA) is 33.1 Å². The van der Waals surface area contributed by atoms with Crippen molar-refractivity contribution in [3.8, 4) is 0 Å². The smallest absolute Gasteiger partial charge is 0.207 e. The monoisotopic (exact) mass is 244 g/mol. The largest absolute Gasteiger partial charge is 0.326 e. The van der Waals surface area contributed by atoms with Crippen molar-refractivity contribution in [1.29, 1.82) is 0 Å². The molecular formula is C14H20N4. The van der Waals surface area contributed by atoms with Crippen molar-refractivity contribution in [2.45, 2.75) is 19.5 Å². The number of para-hydroxylation sites is 1. The van der Waals surface area contributed by atoms with Gasteiger partial charge in [-0.05, 0) is 33.2 Å². The molecule has 0 spiro atoms. The molecule has 0 saturated heterocycles. The molecule has 0 amide bonds. The summed E-state index contributed by atoms with van der Waals surface area (Å²) in [6, 6.07) is 10.6. The number of rotatable bonds is 5. The van der Waals surface area contributed by atoms with Gasteiger partial charge in [-0.3, -0.25) is 0 Å². The van der Waals surface area contributed by atoms with Gasteiger partial charge in [-0.15, -0.1) is 0 Å². The highest BCUT2D eigenvalue weighted by molar-refractivity contribution is 5.52. The number of aromatic nitrogens is 2. The zero-order valence-electron chi connectivity index (χ0n) is 11.2. The normalized spacial score (nSPS) is 12.7. The van der Waals surface area contributed by atoms with Gasteiger partial charge < -0.3 is 14.8 Å². The molecule has 0 bridgehead atoms. The van der Waals surface area contributed by atoms with Crippen LogP contribution in [0.2, 0.25) is 0 Å². The summed E-state index contributed by atoms with van der Waals surface area (Å²) in [7, 11) is 4.18. The van der Waals surface area contributed by atoms with Crippen LogP contribution >= 0.6 is 0 Å². The Morgan fingerprint density at radius 3 is 2.67 bits per heavy atom. The van der Waals surface area contributed by atoms with Gasteiger partial charge in [0, 0.05) is 30.7 Å². The Morgan fingerprint density at radius 1 is 1.28 bits per heavy atom. The summed E-state index contributed by atoms with van der Waals surface area (Å²) in [6.45, 7) is 3.12. The SMILES string of the molecule is CC(Cn1ccnc1Nc1ccccc1)N(C)C. The Labute approximate surface area is 108 Å². The highest BCUT2D eigenvalue weighted by atomic mass is 15.2. The molecule has 4 heteroatoms. The molecule has 1 unspecified atom stereocenters. The molecule has 0 aliphatic rings. The van der Waals surface area contributed by atoms with Gasteiger partial charge in [0.2, 0.25) is 5.95 Å². The van der Waals surface area contributed by atoms with Crippen LogP contribution in [-0.4, -0.2) is 34.6 Å². The molecule has 0 fully saturated rings. The van der Waals surface area contributed by atoms with E-state index in [0.29, 0.717) is 6.04 Å². The van der Waals surface area contributed by atoms with Crippen molar-refractivity contribution in [2.24, 2.45) is 0 Å². The van der Waals surface area contributed by atoms with E-state index < -0.39 is 0 Å². The first-order valence-electron chi connectivity index (χ1n) is 6.16. The molecule has 4 nitrogen and oxygen atoms in total. The molecule has 0 saturated carbocycles. The van der Waals surface area contributed by atoms with Crippen LogP contribution in [0, 0.1) is 0 Å². The molecule has 1 atom stereocenters. The van der Waals surface area contributed by atoms with Crippen molar-refractivity contribution in [1.82, 2.24) is 14.5 Å². The maximum absolute atomic E-state index is 4.36. The van der Waals surface area contributed by atoms with Gasteiger partial charge in [-0.25, -0.2) is 4.98 Å². The number of nitrogens with zero attached hydrogens (tertiary/aromatic N) is 3. The molecule has 1 aromatic carbocycles. The minimum Gasteiger partial charge on any atom is -0.326 e. The molecule has 0 aliphatic carbocycles. The lowest BCUT2D eigenvalue weighted by molar-refractivity contribution is 0.285. The first-order chi connectivity index (χ1) is 8.66. The lowest BCUT2D eigenvalue weighted by atomic mass is 10.3. The number of hydrogen-bond acceptors (Lipinski definition) is 3. The Hall–Kier alpha value is -1.81. The van der Waals surface area contributed by atoms with E-state index in [9.17, 15) is 0 Å². The van der Waals surface area contributed by atoms with E-state index in [-0.39, 0.29) is 0 Å². The van der Waals surface area contributed by atoms with E-state index in [1.807, 2.05) is 42.7 Å². The van der Waals surface area contributed by atoms with Crippen LogP contribution in [0.15, 0.2) is 42.7 Å². The summed E-state index contributed by atoms with van der Waals surface area (Å²) >= 11 is 0. The number of imidazole rings is 1. The Bertz CT molecular complexity index is 476. The van der Waals surface area contributed by atoms with Crippen LogP contribution in [0.4, 0.5) is 11.6 Å². The van der Waals surface area contributed by atoms with Crippen LogP contribution in [0.1, 0.15) is 6.92 Å². The van der Waals surface area contributed by atoms with Crippen LogP contribution in [0.5, 0.6) is 0 Å². The number of anilines is 2. The van der Waals surface area contributed by atoms with Gasteiger partial charge in [-0.2, -0.15) is 0 Å². The van der Waals surface area contributed by atoms with Crippen molar-refractivity contribution < 1.29 is 0 Å². The minimum atomic E-state index is 0.468. The van der Waals surface area contributed by atoms with E-state index in [4.69, 9.17) is 0 Å². The fraction of sp³-hybridized carbons (Fsp3) is 0.357. The first-order valence-corrected chi connectivity index (χ1v) is 6.16. The zero-order valence-corrected chi connectivity index (χ0v) is 11.2. The fourth-order valence-corrected chi connectivity index (χ4v) is 1.68. The van der Waals surface area contributed by atoms with E-state index in [1.165, 1.54) is 0 Å². The maximum Gasteiger partial charge on any atom is 0.207 e. The van der Waals surface area contributed by atoms with Gasteiger partial charge in [0.05, 0.1) is 0 Å². The quantitative estimate of drug-likeness (QED) is 0.877. The van der Waals surface area contributed by atoms with Crippen molar-refractivity contribution in [2.75, 3.05) is 19.4 Å². The van der Waals surface area contributed by atoms with E-state index in [2.05, 4.69) is 40.8 Å². The molecule has 1 N–H and O–H groups in total. The second-order valence-electron chi connectivity index (χ2n) is 4.71. The summed E-state index contributed by atoms with van der Waals surface area (Å²) in [5.41, 5.74) is 1.06. The standard InChI is InChI=1S/C14H20N4/c1-12(17(2)3)11-18-10-9-15-14(18)16-13-7-5-4-6-8-13/h4-10,12H,11H2,1-3H3,(H,15,16). The molecule has 0 aliphatic heterocycles. The summed E-state index contributed by atoms with van der Waals surface area (Å²) in [5, 5.41) is 3.33. The van der Waals surface area contributed by atoms with Crippen LogP contribution in [-0.2, 0) is 6.54 Å². The lowest BCUT2D eigenvalue weighted by Crippen LogP contribution is -2.29. The van der Waals surface area contributed by atoms with Crippen LogP contribution in [0.3, 0.4) is 0 Å². The minimum absolute atomic E-state index is 0.468. The average molecular weight is 244 g/mol. The predicted molar refractivity (Wildman–Crippen MR) is 75.1 cm³/mol. The van der Waals surface area contributed by atoms with Gasteiger partial charge in [0.25, 0.3) is 0 Å². The summed E-state index contributed by atoms with van der Waals surface area (Å²) in [5.74, 6) is 0.884. The van der Waals surface area contributed by atoms with E-state index >= 15 is 0 Å². The van der Waals surface area contributed by atoms with Crippen molar-refractivity contribution in [3.05, 3.63) is 42.7 Å². The third kappa shape index (κ3) is 3.11.